The van der Waals surface area contributed by atoms with E-state index in [4.69, 9.17) is 16.3 Å². The number of pyridine rings is 2. The minimum Gasteiger partial charge on any atom is -0.473 e. The lowest BCUT2D eigenvalue weighted by Gasteiger charge is -2.24. The van der Waals surface area contributed by atoms with Crippen molar-refractivity contribution in [3.63, 3.8) is 0 Å². The van der Waals surface area contributed by atoms with Crippen LogP contribution in [0.25, 0.3) is 0 Å². The van der Waals surface area contributed by atoms with E-state index in [-0.39, 0.29) is 6.10 Å². The Morgan fingerprint density at radius 1 is 1.35 bits per heavy atom. The molecule has 5 heteroatoms. The molecule has 2 rings (SSSR count). The monoisotopic (exact) mass is 331 g/mol. The van der Waals surface area contributed by atoms with Crippen molar-refractivity contribution in [2.75, 3.05) is 13.6 Å². The smallest absolute Gasteiger partial charge is 0.214 e. The van der Waals surface area contributed by atoms with Gasteiger partial charge in [-0.2, -0.15) is 0 Å². The molecule has 0 amide bonds. The zero-order chi connectivity index (χ0) is 16.5. The molecule has 0 aliphatic heterocycles. The Balaban J connectivity index is 1.95. The predicted molar refractivity (Wildman–Crippen MR) is 93.7 cm³/mol. The molecule has 23 heavy (non-hydrogen) atoms. The zero-order valence-electron chi connectivity index (χ0n) is 13.4. The molecular weight excluding hydrogens is 310 g/mol. The first-order chi connectivity index (χ1) is 11.2. The summed E-state index contributed by atoms with van der Waals surface area (Å²) >= 11 is 5.92. The number of ether oxygens (including phenoxy) is 1. The maximum absolute atomic E-state index is 6.01. The Morgan fingerprint density at radius 2 is 2.22 bits per heavy atom. The van der Waals surface area contributed by atoms with E-state index < -0.39 is 0 Å². The van der Waals surface area contributed by atoms with E-state index in [9.17, 15) is 0 Å². The Bertz CT molecular complexity index is 606. The van der Waals surface area contributed by atoms with Crippen LogP contribution in [-0.2, 0) is 6.54 Å². The summed E-state index contributed by atoms with van der Waals surface area (Å²) in [6.07, 6.45) is 7.38. The number of hydrogen-bond acceptors (Lipinski definition) is 4. The molecule has 0 N–H and O–H groups in total. The quantitative estimate of drug-likeness (QED) is 0.514. The van der Waals surface area contributed by atoms with Crippen LogP contribution in [0.2, 0.25) is 5.15 Å². The molecule has 2 heterocycles. The fourth-order valence-corrected chi connectivity index (χ4v) is 2.49. The van der Waals surface area contributed by atoms with Crippen LogP contribution in [0.15, 0.2) is 55.4 Å². The van der Waals surface area contributed by atoms with E-state index in [0.29, 0.717) is 11.0 Å². The van der Waals surface area contributed by atoms with Crippen LogP contribution in [0.5, 0.6) is 5.88 Å². The van der Waals surface area contributed by atoms with E-state index in [1.807, 2.05) is 30.5 Å². The lowest BCUT2D eigenvalue weighted by Crippen LogP contribution is -2.33. The van der Waals surface area contributed by atoms with Gasteiger partial charge in [-0.15, -0.1) is 6.58 Å². The van der Waals surface area contributed by atoms with Crippen LogP contribution < -0.4 is 4.74 Å². The Morgan fingerprint density at radius 3 is 2.91 bits per heavy atom. The summed E-state index contributed by atoms with van der Waals surface area (Å²) in [5.41, 5.74) is 1.18. The molecule has 122 valence electrons. The van der Waals surface area contributed by atoms with Crippen molar-refractivity contribution < 1.29 is 4.74 Å². The molecule has 0 fully saturated rings. The number of likely N-dealkylation sites (N-methyl/N-ethyl adjacent to an activating group) is 1. The molecule has 0 spiro atoms. The third-order valence-corrected chi connectivity index (χ3v) is 3.57. The van der Waals surface area contributed by atoms with Crippen LogP contribution >= 0.6 is 11.6 Å². The summed E-state index contributed by atoms with van der Waals surface area (Å²) in [5.74, 6) is 0.557. The van der Waals surface area contributed by atoms with Gasteiger partial charge in [-0.1, -0.05) is 29.8 Å². The Hall–Kier alpha value is -1.91. The molecule has 0 bridgehead atoms. The number of allylic oxidation sites excluding steroid dienone is 1. The normalized spacial score (nSPS) is 12.1. The highest BCUT2D eigenvalue weighted by atomic mass is 35.5. The molecule has 0 aromatic carbocycles. The van der Waals surface area contributed by atoms with E-state index in [0.717, 1.165) is 25.9 Å². The van der Waals surface area contributed by atoms with Gasteiger partial charge in [0.05, 0.1) is 0 Å². The topological polar surface area (TPSA) is 38.2 Å². The van der Waals surface area contributed by atoms with Gasteiger partial charge in [0.2, 0.25) is 5.88 Å². The lowest BCUT2D eigenvalue weighted by atomic mass is 10.1. The molecule has 1 unspecified atom stereocenters. The summed E-state index contributed by atoms with van der Waals surface area (Å²) in [7, 11) is 2.07. The maximum Gasteiger partial charge on any atom is 0.214 e. The van der Waals surface area contributed by atoms with Crippen molar-refractivity contribution in [1.29, 1.82) is 0 Å². The SMILES string of the molecule is C=CCCC(CN(C)Cc1cccnc1)Oc1cccc(Cl)n1. The molecule has 2 aromatic heterocycles. The van der Waals surface area contributed by atoms with Gasteiger partial charge in [0, 0.05) is 31.5 Å². The second-order valence-corrected chi connectivity index (χ2v) is 5.85. The molecule has 0 aliphatic rings. The highest BCUT2D eigenvalue weighted by Gasteiger charge is 2.14. The Labute approximate surface area is 142 Å². The zero-order valence-corrected chi connectivity index (χ0v) is 14.1. The van der Waals surface area contributed by atoms with Crippen LogP contribution in [0, 0.1) is 0 Å². The number of hydrogen-bond donors (Lipinski definition) is 0. The van der Waals surface area contributed by atoms with Gasteiger partial charge in [-0.3, -0.25) is 9.88 Å². The van der Waals surface area contributed by atoms with Crippen molar-refractivity contribution in [3.05, 3.63) is 66.1 Å². The number of halogens is 1. The minimum atomic E-state index is 0.0284. The van der Waals surface area contributed by atoms with Crippen molar-refractivity contribution in [2.45, 2.75) is 25.5 Å². The Kier molecular flexibility index (Phi) is 7.04. The molecule has 1 atom stereocenters. The first kappa shape index (κ1) is 17.4. The summed E-state index contributed by atoms with van der Waals surface area (Å²) in [6, 6.07) is 9.43. The largest absolute Gasteiger partial charge is 0.473 e. The van der Waals surface area contributed by atoms with Gasteiger partial charge >= 0.3 is 0 Å². The highest BCUT2D eigenvalue weighted by molar-refractivity contribution is 6.29. The van der Waals surface area contributed by atoms with Crippen LogP contribution in [-0.4, -0.2) is 34.6 Å². The third kappa shape index (κ3) is 6.38. The van der Waals surface area contributed by atoms with E-state index in [2.05, 4.69) is 34.6 Å². The second-order valence-electron chi connectivity index (χ2n) is 5.46. The molecule has 0 saturated heterocycles. The maximum atomic E-state index is 6.01. The molecule has 0 radical (unpaired) electrons. The van der Waals surface area contributed by atoms with Gasteiger partial charge in [-0.25, -0.2) is 4.98 Å². The van der Waals surface area contributed by atoms with Crippen molar-refractivity contribution in [3.8, 4) is 5.88 Å². The van der Waals surface area contributed by atoms with E-state index in [1.54, 1.807) is 12.3 Å². The second kappa shape index (κ2) is 9.28. The lowest BCUT2D eigenvalue weighted by molar-refractivity contribution is 0.132. The highest BCUT2D eigenvalue weighted by Crippen LogP contribution is 2.16. The predicted octanol–water partition coefficient (Wildman–Crippen LogP) is 3.98. The number of aromatic nitrogens is 2. The van der Waals surface area contributed by atoms with E-state index >= 15 is 0 Å². The third-order valence-electron chi connectivity index (χ3n) is 3.36. The van der Waals surface area contributed by atoms with Crippen molar-refractivity contribution in [2.24, 2.45) is 0 Å². The summed E-state index contributed by atoms with van der Waals surface area (Å²) in [6.45, 7) is 5.40. The van der Waals surface area contributed by atoms with Gasteiger partial charge in [0.25, 0.3) is 0 Å². The molecular formula is C18H22ClN3O. The number of rotatable bonds is 9. The van der Waals surface area contributed by atoms with Gasteiger partial charge in [0.15, 0.2) is 0 Å². The molecule has 0 saturated carbocycles. The molecule has 4 nitrogen and oxygen atoms in total. The minimum absolute atomic E-state index is 0.0284. The van der Waals surface area contributed by atoms with Gasteiger partial charge in [-0.05, 0) is 37.6 Å². The fraction of sp³-hybridized carbons (Fsp3) is 0.333. The van der Waals surface area contributed by atoms with E-state index in [1.165, 1.54) is 5.56 Å². The van der Waals surface area contributed by atoms with Crippen LogP contribution in [0.4, 0.5) is 0 Å². The summed E-state index contributed by atoms with van der Waals surface area (Å²) in [5, 5.41) is 0.439. The molecule has 2 aromatic rings. The summed E-state index contributed by atoms with van der Waals surface area (Å²) < 4.78 is 6.01. The first-order valence-electron chi connectivity index (χ1n) is 7.65. The standard InChI is InChI=1S/C18H22ClN3O/c1-3-4-8-16(23-18-10-5-9-17(19)21-18)14-22(2)13-15-7-6-11-20-12-15/h3,5-7,9-12,16H,1,4,8,13-14H2,2H3. The summed E-state index contributed by atoms with van der Waals surface area (Å²) in [4.78, 5) is 10.6. The van der Waals surface area contributed by atoms with Crippen molar-refractivity contribution >= 4 is 11.6 Å². The van der Waals surface area contributed by atoms with Gasteiger partial charge in [0.1, 0.15) is 11.3 Å². The van der Waals surface area contributed by atoms with Crippen molar-refractivity contribution in [1.82, 2.24) is 14.9 Å². The van der Waals surface area contributed by atoms with Crippen LogP contribution in [0.3, 0.4) is 0 Å². The average molecular weight is 332 g/mol. The molecule has 0 aliphatic carbocycles. The fourth-order valence-electron chi connectivity index (χ4n) is 2.33. The van der Waals surface area contributed by atoms with Crippen LogP contribution in [0.1, 0.15) is 18.4 Å². The van der Waals surface area contributed by atoms with Gasteiger partial charge < -0.3 is 4.74 Å². The average Bonchev–Trinajstić information content (AvgIpc) is 2.53. The first-order valence-corrected chi connectivity index (χ1v) is 8.02. The number of nitrogens with zero attached hydrogens (tertiary/aromatic N) is 3.